The maximum Gasteiger partial charge on any atom is 0.418 e. The second-order valence-corrected chi connectivity index (χ2v) is 6.31. The predicted molar refractivity (Wildman–Crippen MR) is 90.6 cm³/mol. The number of alkyl halides is 3. The molecule has 132 valence electrons. The summed E-state index contributed by atoms with van der Waals surface area (Å²) in [4.78, 5) is 14.1. The third kappa shape index (κ3) is 3.90. The van der Waals surface area contributed by atoms with Gasteiger partial charge in [-0.1, -0.05) is 35.9 Å². The van der Waals surface area contributed by atoms with Crippen LogP contribution in [0.4, 0.5) is 23.7 Å². The molecule has 1 aliphatic rings. The molecule has 1 aliphatic heterocycles. The van der Waals surface area contributed by atoms with Gasteiger partial charge in [0.05, 0.1) is 17.3 Å². The van der Waals surface area contributed by atoms with Crippen LogP contribution in [0, 0.1) is 0 Å². The van der Waals surface area contributed by atoms with Crippen molar-refractivity contribution in [3.63, 3.8) is 0 Å². The predicted octanol–water partition coefficient (Wildman–Crippen LogP) is 5.73. The number of halogens is 4. The average molecular weight is 369 g/mol. The van der Waals surface area contributed by atoms with E-state index in [9.17, 15) is 18.0 Å². The Morgan fingerprint density at radius 1 is 1.12 bits per heavy atom. The molecule has 3 rings (SSSR count). The van der Waals surface area contributed by atoms with Crippen molar-refractivity contribution >= 4 is 23.3 Å². The van der Waals surface area contributed by atoms with Crippen molar-refractivity contribution in [2.75, 3.05) is 11.9 Å². The van der Waals surface area contributed by atoms with Crippen LogP contribution in [0.25, 0.3) is 0 Å². The first-order valence-electron chi connectivity index (χ1n) is 7.85. The number of carbonyl (C=O) groups is 1. The van der Waals surface area contributed by atoms with Crippen molar-refractivity contribution in [2.45, 2.75) is 25.1 Å². The highest BCUT2D eigenvalue weighted by atomic mass is 35.5. The van der Waals surface area contributed by atoms with Crippen LogP contribution in [0.1, 0.15) is 30.0 Å². The first-order chi connectivity index (χ1) is 11.9. The van der Waals surface area contributed by atoms with E-state index < -0.39 is 17.8 Å². The van der Waals surface area contributed by atoms with Crippen LogP contribution in [0.5, 0.6) is 0 Å². The van der Waals surface area contributed by atoms with E-state index in [0.717, 1.165) is 24.5 Å². The highest BCUT2D eigenvalue weighted by Crippen LogP contribution is 2.36. The van der Waals surface area contributed by atoms with Gasteiger partial charge in [-0.25, -0.2) is 4.79 Å². The maximum absolute atomic E-state index is 13.1. The van der Waals surface area contributed by atoms with Crippen molar-refractivity contribution in [3.8, 4) is 0 Å². The third-order valence-corrected chi connectivity index (χ3v) is 4.49. The normalized spacial score (nSPS) is 17.6. The Bertz CT molecular complexity index is 762. The summed E-state index contributed by atoms with van der Waals surface area (Å²) in [7, 11) is 0. The number of para-hydroxylation sites is 1. The fraction of sp³-hybridized carbons (Fsp3) is 0.278. The molecule has 0 bridgehead atoms. The first-order valence-corrected chi connectivity index (χ1v) is 8.23. The lowest BCUT2D eigenvalue weighted by Gasteiger charge is -2.26. The van der Waals surface area contributed by atoms with E-state index in [1.54, 1.807) is 17.0 Å². The second kappa shape index (κ2) is 6.96. The average Bonchev–Trinajstić information content (AvgIpc) is 3.05. The highest BCUT2D eigenvalue weighted by molar-refractivity contribution is 6.30. The van der Waals surface area contributed by atoms with E-state index in [1.807, 2.05) is 12.1 Å². The van der Waals surface area contributed by atoms with Crippen LogP contribution < -0.4 is 5.32 Å². The Morgan fingerprint density at radius 3 is 2.48 bits per heavy atom. The van der Waals surface area contributed by atoms with Gasteiger partial charge in [0, 0.05) is 11.6 Å². The van der Waals surface area contributed by atoms with Gasteiger partial charge in [0.1, 0.15) is 0 Å². The van der Waals surface area contributed by atoms with Gasteiger partial charge < -0.3 is 10.2 Å². The lowest BCUT2D eigenvalue weighted by molar-refractivity contribution is -0.136. The molecule has 0 radical (unpaired) electrons. The molecular formula is C18H16ClF3N2O. The van der Waals surface area contributed by atoms with Crippen LogP contribution in [0.2, 0.25) is 5.02 Å². The van der Waals surface area contributed by atoms with Crippen molar-refractivity contribution in [2.24, 2.45) is 0 Å². The molecule has 1 atom stereocenters. The van der Waals surface area contributed by atoms with Gasteiger partial charge in [-0.05, 0) is 42.7 Å². The summed E-state index contributed by atoms with van der Waals surface area (Å²) in [6.07, 6.45) is -2.97. The summed E-state index contributed by atoms with van der Waals surface area (Å²) in [6.45, 7) is 0.493. The standard InChI is InChI=1S/C18H16ClF3N2O/c19-13-9-7-12(8-10-13)16-6-3-11-24(16)17(25)23-15-5-2-1-4-14(15)18(20,21)22/h1-2,4-5,7-10,16H,3,6,11H2,(H,23,25)/t16-/m0/s1. The van der Waals surface area contributed by atoms with Crippen LogP contribution in [0.15, 0.2) is 48.5 Å². The first kappa shape index (κ1) is 17.6. The molecule has 0 aliphatic carbocycles. The van der Waals surface area contributed by atoms with E-state index in [0.29, 0.717) is 11.6 Å². The number of amides is 2. The number of nitrogens with one attached hydrogen (secondary N) is 1. The molecule has 0 aromatic heterocycles. The lowest BCUT2D eigenvalue weighted by atomic mass is 10.1. The summed E-state index contributed by atoms with van der Waals surface area (Å²) < 4.78 is 39.2. The SMILES string of the molecule is O=C(Nc1ccccc1C(F)(F)F)N1CCC[C@H]1c1ccc(Cl)cc1. The number of benzene rings is 2. The highest BCUT2D eigenvalue weighted by Gasteiger charge is 2.35. The molecule has 7 heteroatoms. The minimum Gasteiger partial charge on any atom is -0.317 e. The molecule has 3 nitrogen and oxygen atoms in total. The summed E-state index contributed by atoms with van der Waals surface area (Å²) >= 11 is 5.89. The van der Waals surface area contributed by atoms with Gasteiger partial charge in [-0.2, -0.15) is 13.2 Å². The van der Waals surface area contributed by atoms with Crippen LogP contribution in [-0.4, -0.2) is 17.5 Å². The molecule has 25 heavy (non-hydrogen) atoms. The lowest BCUT2D eigenvalue weighted by Crippen LogP contribution is -2.35. The minimum absolute atomic E-state index is 0.171. The van der Waals surface area contributed by atoms with E-state index in [2.05, 4.69) is 5.32 Å². The summed E-state index contributed by atoms with van der Waals surface area (Å²) in [6, 6.07) is 11.4. The Labute approximate surface area is 148 Å². The smallest absolute Gasteiger partial charge is 0.317 e. The minimum atomic E-state index is -4.52. The largest absolute Gasteiger partial charge is 0.418 e. The molecule has 1 fully saturated rings. The van der Waals surface area contributed by atoms with Gasteiger partial charge in [0.25, 0.3) is 0 Å². The number of hydrogen-bond acceptors (Lipinski definition) is 1. The Morgan fingerprint density at radius 2 is 1.80 bits per heavy atom. The fourth-order valence-corrected chi connectivity index (χ4v) is 3.19. The van der Waals surface area contributed by atoms with Gasteiger partial charge in [0.15, 0.2) is 0 Å². The van der Waals surface area contributed by atoms with Crippen molar-refractivity contribution in [3.05, 3.63) is 64.7 Å². The monoisotopic (exact) mass is 368 g/mol. The molecule has 2 aromatic carbocycles. The summed E-state index contributed by atoms with van der Waals surface area (Å²) in [5.74, 6) is 0. The maximum atomic E-state index is 13.1. The van der Waals surface area contributed by atoms with E-state index in [4.69, 9.17) is 11.6 Å². The number of urea groups is 1. The van der Waals surface area contributed by atoms with Gasteiger partial charge in [-0.3, -0.25) is 0 Å². The van der Waals surface area contributed by atoms with Crippen LogP contribution >= 0.6 is 11.6 Å². The molecule has 1 saturated heterocycles. The Hall–Kier alpha value is -2.21. The van der Waals surface area contributed by atoms with E-state index in [1.165, 1.54) is 18.2 Å². The number of carbonyl (C=O) groups excluding carboxylic acids is 1. The molecule has 2 aromatic rings. The molecular weight excluding hydrogens is 353 g/mol. The summed E-state index contributed by atoms with van der Waals surface area (Å²) in [5.41, 5.74) is -0.173. The zero-order chi connectivity index (χ0) is 18.0. The van der Waals surface area contributed by atoms with Gasteiger partial charge in [0.2, 0.25) is 0 Å². The zero-order valence-electron chi connectivity index (χ0n) is 13.2. The van der Waals surface area contributed by atoms with Crippen LogP contribution in [0.3, 0.4) is 0 Å². The Balaban J connectivity index is 1.80. The van der Waals surface area contributed by atoms with Gasteiger partial charge in [-0.15, -0.1) is 0 Å². The van der Waals surface area contributed by atoms with Crippen molar-refractivity contribution in [1.29, 1.82) is 0 Å². The van der Waals surface area contributed by atoms with Crippen molar-refractivity contribution < 1.29 is 18.0 Å². The van der Waals surface area contributed by atoms with E-state index in [-0.39, 0.29) is 11.7 Å². The van der Waals surface area contributed by atoms with Crippen LogP contribution in [-0.2, 0) is 6.18 Å². The molecule has 0 unspecified atom stereocenters. The quantitative estimate of drug-likeness (QED) is 0.721. The topological polar surface area (TPSA) is 32.3 Å². The Kier molecular flexibility index (Phi) is 4.90. The number of nitrogens with zero attached hydrogens (tertiary/aromatic N) is 1. The summed E-state index contributed by atoms with van der Waals surface area (Å²) in [5, 5.41) is 3.01. The molecule has 0 spiro atoms. The second-order valence-electron chi connectivity index (χ2n) is 5.88. The third-order valence-electron chi connectivity index (χ3n) is 4.24. The number of likely N-dealkylation sites (tertiary alicyclic amines) is 1. The molecule has 1 heterocycles. The molecule has 1 N–H and O–H groups in total. The fourth-order valence-electron chi connectivity index (χ4n) is 3.07. The molecule has 2 amide bonds. The van der Waals surface area contributed by atoms with E-state index >= 15 is 0 Å². The van der Waals surface area contributed by atoms with Crippen molar-refractivity contribution in [1.82, 2.24) is 4.90 Å². The number of rotatable bonds is 2. The van der Waals surface area contributed by atoms with Gasteiger partial charge >= 0.3 is 12.2 Å². The number of hydrogen-bond donors (Lipinski definition) is 1. The zero-order valence-corrected chi connectivity index (χ0v) is 13.9. The molecule has 0 saturated carbocycles. The number of anilines is 1.